The average Bonchev–Trinajstić information content (AvgIpc) is 3.25. The number of hydrogen-bond donors (Lipinski definition) is 1. The molecule has 2 aromatic heterocycles. The zero-order valence-corrected chi connectivity index (χ0v) is 14.2. The Bertz CT molecular complexity index is 787. The van der Waals surface area contributed by atoms with Gasteiger partial charge < -0.3 is 14.2 Å². The Morgan fingerprint density at radius 1 is 1.56 bits per heavy atom. The first-order chi connectivity index (χ1) is 12.1. The number of ether oxygens (including phenoxy) is 3. The lowest BCUT2D eigenvalue weighted by Gasteiger charge is -2.16. The number of nitrogens with zero attached hydrogens (tertiary/aromatic N) is 3. The molecule has 0 aliphatic carbocycles. The Labute approximate surface area is 143 Å². The highest BCUT2D eigenvalue weighted by molar-refractivity contribution is 5.89. The van der Waals surface area contributed by atoms with Crippen LogP contribution in [0.1, 0.15) is 29.3 Å². The van der Waals surface area contributed by atoms with E-state index in [0.717, 1.165) is 6.20 Å². The summed E-state index contributed by atoms with van der Waals surface area (Å²) in [6.07, 6.45) is 0.474. The largest absolute Gasteiger partial charge is 0.481 e. The molecule has 8 nitrogen and oxygen atoms in total. The lowest BCUT2D eigenvalue weighted by Crippen LogP contribution is -2.23. The normalized spacial score (nSPS) is 16.9. The average molecular weight is 350 g/mol. The highest BCUT2D eigenvalue weighted by Gasteiger charge is 2.27. The van der Waals surface area contributed by atoms with Gasteiger partial charge in [-0.3, -0.25) is 5.32 Å². The number of esters is 1. The Balaban J connectivity index is 2.16. The zero-order valence-electron chi connectivity index (χ0n) is 14.2. The molecule has 9 heteroatoms. The second kappa shape index (κ2) is 7.16. The summed E-state index contributed by atoms with van der Waals surface area (Å²) < 4.78 is 31.7. The van der Waals surface area contributed by atoms with Gasteiger partial charge in [0, 0.05) is 17.7 Å². The Kier molecular flexibility index (Phi) is 4.95. The molecule has 2 aromatic rings. The SMILES string of the molecule is CCOC(=O)c1cc(-c2c(F)cnc(OC)c2C)n(C2NCCO2)n1. The van der Waals surface area contributed by atoms with Gasteiger partial charge in [0.1, 0.15) is 0 Å². The fourth-order valence-corrected chi connectivity index (χ4v) is 2.72. The van der Waals surface area contributed by atoms with E-state index in [1.807, 2.05) is 0 Å². The molecular weight excluding hydrogens is 331 g/mol. The van der Waals surface area contributed by atoms with Gasteiger partial charge in [0.25, 0.3) is 0 Å². The van der Waals surface area contributed by atoms with Gasteiger partial charge in [-0.05, 0) is 19.9 Å². The summed E-state index contributed by atoms with van der Waals surface area (Å²) in [7, 11) is 1.46. The third-order valence-electron chi connectivity index (χ3n) is 3.82. The Hall–Kier alpha value is -2.52. The number of hydrogen-bond acceptors (Lipinski definition) is 7. The first-order valence-corrected chi connectivity index (χ1v) is 7.88. The monoisotopic (exact) mass is 350 g/mol. The maximum Gasteiger partial charge on any atom is 0.358 e. The van der Waals surface area contributed by atoms with Gasteiger partial charge in [-0.15, -0.1) is 0 Å². The second-order valence-electron chi connectivity index (χ2n) is 5.37. The van der Waals surface area contributed by atoms with Gasteiger partial charge in [0.05, 0.1) is 32.2 Å². The van der Waals surface area contributed by atoms with Crippen LogP contribution in [0.5, 0.6) is 5.88 Å². The molecule has 1 N–H and O–H groups in total. The van der Waals surface area contributed by atoms with E-state index in [2.05, 4.69) is 15.4 Å². The van der Waals surface area contributed by atoms with Gasteiger partial charge >= 0.3 is 5.97 Å². The highest BCUT2D eigenvalue weighted by Crippen LogP contribution is 2.33. The van der Waals surface area contributed by atoms with Gasteiger partial charge in [0.2, 0.25) is 12.2 Å². The summed E-state index contributed by atoms with van der Waals surface area (Å²) in [4.78, 5) is 16.0. The van der Waals surface area contributed by atoms with Crippen LogP contribution in [0, 0.1) is 12.7 Å². The summed E-state index contributed by atoms with van der Waals surface area (Å²) in [5.41, 5.74) is 1.19. The number of nitrogens with one attached hydrogen (secondary N) is 1. The van der Waals surface area contributed by atoms with E-state index in [0.29, 0.717) is 30.3 Å². The molecular formula is C16H19FN4O4. The topological polar surface area (TPSA) is 87.5 Å². The van der Waals surface area contributed by atoms with Crippen LogP contribution in [0.25, 0.3) is 11.3 Å². The summed E-state index contributed by atoms with van der Waals surface area (Å²) >= 11 is 0. The van der Waals surface area contributed by atoms with E-state index in [4.69, 9.17) is 14.2 Å². The van der Waals surface area contributed by atoms with Crippen LogP contribution >= 0.6 is 0 Å². The first-order valence-electron chi connectivity index (χ1n) is 7.88. The van der Waals surface area contributed by atoms with Crippen LogP contribution in [-0.4, -0.2) is 47.6 Å². The molecule has 1 fully saturated rings. The van der Waals surface area contributed by atoms with E-state index in [-0.39, 0.29) is 17.9 Å². The molecule has 1 unspecified atom stereocenters. The fraction of sp³-hybridized carbons (Fsp3) is 0.438. The minimum absolute atomic E-state index is 0.0729. The molecule has 0 spiro atoms. The van der Waals surface area contributed by atoms with Crippen molar-refractivity contribution in [1.82, 2.24) is 20.1 Å². The lowest BCUT2D eigenvalue weighted by atomic mass is 10.1. The number of carbonyl (C=O) groups excluding carboxylic acids is 1. The van der Waals surface area contributed by atoms with Crippen LogP contribution in [0.3, 0.4) is 0 Å². The lowest BCUT2D eigenvalue weighted by molar-refractivity contribution is 0.0341. The first kappa shape index (κ1) is 17.3. The number of halogens is 1. The number of aromatic nitrogens is 3. The van der Waals surface area contributed by atoms with Crippen LogP contribution in [0.2, 0.25) is 0 Å². The van der Waals surface area contributed by atoms with Gasteiger partial charge in [0.15, 0.2) is 11.5 Å². The molecule has 25 heavy (non-hydrogen) atoms. The van der Waals surface area contributed by atoms with E-state index in [9.17, 15) is 9.18 Å². The second-order valence-corrected chi connectivity index (χ2v) is 5.37. The quantitative estimate of drug-likeness (QED) is 0.821. The predicted molar refractivity (Wildman–Crippen MR) is 85.7 cm³/mol. The van der Waals surface area contributed by atoms with Crippen molar-refractivity contribution in [1.29, 1.82) is 0 Å². The van der Waals surface area contributed by atoms with Crippen molar-refractivity contribution in [2.24, 2.45) is 0 Å². The van der Waals surface area contributed by atoms with E-state index < -0.39 is 18.1 Å². The van der Waals surface area contributed by atoms with E-state index in [1.165, 1.54) is 17.9 Å². The van der Waals surface area contributed by atoms with Crippen molar-refractivity contribution in [3.63, 3.8) is 0 Å². The smallest absolute Gasteiger partial charge is 0.358 e. The predicted octanol–water partition coefficient (Wildman–Crippen LogP) is 1.65. The van der Waals surface area contributed by atoms with Gasteiger partial charge in [-0.2, -0.15) is 5.10 Å². The van der Waals surface area contributed by atoms with Gasteiger partial charge in [-0.25, -0.2) is 18.9 Å². The van der Waals surface area contributed by atoms with Crippen molar-refractivity contribution in [2.75, 3.05) is 26.9 Å². The molecule has 1 aliphatic heterocycles. The molecule has 1 saturated heterocycles. The number of rotatable bonds is 5. The van der Waals surface area contributed by atoms with Crippen molar-refractivity contribution < 1.29 is 23.4 Å². The molecule has 0 saturated carbocycles. The maximum absolute atomic E-state index is 14.5. The molecule has 1 aliphatic rings. The third kappa shape index (κ3) is 3.20. The zero-order chi connectivity index (χ0) is 18.0. The molecule has 134 valence electrons. The summed E-state index contributed by atoms with van der Waals surface area (Å²) in [6.45, 7) is 4.72. The number of pyridine rings is 1. The minimum Gasteiger partial charge on any atom is -0.481 e. The molecule has 0 bridgehead atoms. The van der Waals surface area contributed by atoms with Crippen LogP contribution in [-0.2, 0) is 9.47 Å². The van der Waals surface area contributed by atoms with Gasteiger partial charge in [-0.1, -0.05) is 0 Å². The van der Waals surface area contributed by atoms with Crippen molar-refractivity contribution in [2.45, 2.75) is 20.2 Å². The van der Waals surface area contributed by atoms with Crippen molar-refractivity contribution in [3.8, 4) is 17.1 Å². The van der Waals surface area contributed by atoms with Crippen LogP contribution in [0.4, 0.5) is 4.39 Å². The molecule has 3 rings (SSSR count). The summed E-state index contributed by atoms with van der Waals surface area (Å²) in [5, 5.41) is 7.34. The summed E-state index contributed by atoms with van der Waals surface area (Å²) in [6, 6.07) is 1.48. The molecule has 1 atom stereocenters. The Morgan fingerprint density at radius 2 is 2.36 bits per heavy atom. The standard InChI is InChI=1S/C16H19FN4O4/c1-4-24-15(22)11-7-12(21(20-11)16-18-5-6-25-16)13-9(2)14(23-3)19-8-10(13)17/h7-8,16,18H,4-6H2,1-3H3. The van der Waals surface area contributed by atoms with Crippen LogP contribution < -0.4 is 10.1 Å². The van der Waals surface area contributed by atoms with E-state index in [1.54, 1.807) is 13.8 Å². The number of methoxy groups -OCH3 is 1. The third-order valence-corrected chi connectivity index (χ3v) is 3.82. The summed E-state index contributed by atoms with van der Waals surface area (Å²) in [5.74, 6) is -0.838. The molecule has 0 amide bonds. The molecule has 0 aromatic carbocycles. The minimum atomic E-state index is -0.601. The maximum atomic E-state index is 14.5. The Morgan fingerprint density at radius 3 is 3.00 bits per heavy atom. The van der Waals surface area contributed by atoms with Crippen molar-refractivity contribution >= 4 is 5.97 Å². The fourth-order valence-electron chi connectivity index (χ4n) is 2.72. The molecule has 3 heterocycles. The van der Waals surface area contributed by atoms with E-state index >= 15 is 0 Å². The van der Waals surface area contributed by atoms with Crippen molar-refractivity contribution in [3.05, 3.63) is 29.3 Å². The molecule has 0 radical (unpaired) electrons. The number of carbonyl (C=O) groups is 1. The highest BCUT2D eigenvalue weighted by atomic mass is 19.1. The van der Waals surface area contributed by atoms with Crippen LogP contribution in [0.15, 0.2) is 12.3 Å².